The highest BCUT2D eigenvalue weighted by atomic mass is 16.5. The molecule has 19 heavy (non-hydrogen) atoms. The van der Waals surface area contributed by atoms with Gasteiger partial charge in [0.15, 0.2) is 17.3 Å². The molecule has 0 atom stereocenters. The Labute approximate surface area is 113 Å². The Morgan fingerprint density at radius 3 is 2.00 bits per heavy atom. The van der Waals surface area contributed by atoms with Crippen molar-refractivity contribution in [1.82, 2.24) is 5.32 Å². The number of carbonyl (C=O) groups excluding carboxylic acids is 1. The van der Waals surface area contributed by atoms with Crippen LogP contribution in [0.3, 0.4) is 0 Å². The summed E-state index contributed by atoms with van der Waals surface area (Å²) in [5.41, 5.74) is 0.545. The van der Waals surface area contributed by atoms with Crippen LogP contribution in [0.5, 0.6) is 17.2 Å². The lowest BCUT2D eigenvalue weighted by molar-refractivity contribution is 0.101. The van der Waals surface area contributed by atoms with Crippen molar-refractivity contribution >= 4 is 5.78 Å². The first-order valence-corrected chi connectivity index (χ1v) is 6.35. The zero-order valence-electron chi connectivity index (χ0n) is 11.9. The van der Waals surface area contributed by atoms with E-state index < -0.39 is 0 Å². The lowest BCUT2D eigenvalue weighted by atomic mass is 10.1. The third-order valence-corrected chi connectivity index (χ3v) is 2.39. The van der Waals surface area contributed by atoms with E-state index in [1.807, 2.05) is 13.8 Å². The maximum absolute atomic E-state index is 11.5. The molecule has 0 bridgehead atoms. The van der Waals surface area contributed by atoms with Gasteiger partial charge in [-0.3, -0.25) is 10.1 Å². The second kappa shape index (κ2) is 7.63. The Balaban J connectivity index is 3.23. The number of ketones is 1. The first-order valence-electron chi connectivity index (χ1n) is 6.35. The molecule has 1 aromatic rings. The van der Waals surface area contributed by atoms with E-state index in [-0.39, 0.29) is 5.78 Å². The van der Waals surface area contributed by atoms with E-state index in [1.165, 1.54) is 6.92 Å². The third kappa shape index (κ3) is 4.13. The van der Waals surface area contributed by atoms with Gasteiger partial charge in [-0.1, -0.05) is 0 Å². The molecule has 0 saturated heterocycles. The van der Waals surface area contributed by atoms with Crippen molar-refractivity contribution in [2.45, 2.75) is 20.8 Å². The van der Waals surface area contributed by atoms with Crippen molar-refractivity contribution in [2.75, 3.05) is 27.0 Å². The van der Waals surface area contributed by atoms with Crippen LogP contribution < -0.4 is 19.5 Å². The standard InChI is InChI=1S/C14H21NO4/c1-5-17-12-7-11(10(3)16)8-13(18-6-2)14(12)19-9-15-4/h7-8,15H,5-6,9H2,1-4H3. The molecule has 0 aliphatic heterocycles. The Morgan fingerprint density at radius 1 is 1.11 bits per heavy atom. The number of carbonyl (C=O) groups is 1. The van der Waals surface area contributed by atoms with Gasteiger partial charge in [0.1, 0.15) is 6.73 Å². The van der Waals surface area contributed by atoms with Gasteiger partial charge in [-0.2, -0.15) is 0 Å². The molecule has 1 rings (SSSR count). The Morgan fingerprint density at radius 2 is 1.63 bits per heavy atom. The SMILES string of the molecule is CCOc1cc(C(C)=O)cc(OCC)c1OCNC. The first-order chi connectivity index (χ1) is 9.13. The molecule has 0 aromatic heterocycles. The Bertz CT molecular complexity index is 404. The van der Waals surface area contributed by atoms with E-state index in [0.717, 1.165) is 0 Å². The molecule has 0 heterocycles. The average Bonchev–Trinajstić information content (AvgIpc) is 2.38. The van der Waals surface area contributed by atoms with Gasteiger partial charge in [-0.25, -0.2) is 0 Å². The third-order valence-electron chi connectivity index (χ3n) is 2.39. The first kappa shape index (κ1) is 15.3. The van der Waals surface area contributed by atoms with E-state index in [2.05, 4.69) is 5.32 Å². The highest BCUT2D eigenvalue weighted by molar-refractivity contribution is 5.95. The Kier molecular flexibility index (Phi) is 6.15. The van der Waals surface area contributed by atoms with E-state index in [4.69, 9.17) is 14.2 Å². The molecule has 0 unspecified atom stereocenters. The Hall–Kier alpha value is -1.75. The molecule has 0 fully saturated rings. The lowest BCUT2D eigenvalue weighted by Gasteiger charge is -2.17. The second-order valence-corrected chi connectivity index (χ2v) is 3.87. The summed E-state index contributed by atoms with van der Waals surface area (Å²) in [5, 5.41) is 2.89. The molecular weight excluding hydrogens is 246 g/mol. The molecule has 0 aliphatic carbocycles. The minimum Gasteiger partial charge on any atom is -0.490 e. The number of hydrogen-bond donors (Lipinski definition) is 1. The smallest absolute Gasteiger partial charge is 0.205 e. The second-order valence-electron chi connectivity index (χ2n) is 3.87. The van der Waals surface area contributed by atoms with Crippen molar-refractivity contribution in [3.05, 3.63) is 17.7 Å². The highest BCUT2D eigenvalue weighted by Crippen LogP contribution is 2.39. The van der Waals surface area contributed by atoms with Crippen molar-refractivity contribution < 1.29 is 19.0 Å². The van der Waals surface area contributed by atoms with Crippen molar-refractivity contribution in [2.24, 2.45) is 0 Å². The summed E-state index contributed by atoms with van der Waals surface area (Å²) in [6.45, 7) is 6.57. The fourth-order valence-electron chi connectivity index (χ4n) is 1.59. The van der Waals surface area contributed by atoms with Crippen LogP contribution in [0.15, 0.2) is 12.1 Å². The van der Waals surface area contributed by atoms with Gasteiger partial charge in [0.2, 0.25) is 5.75 Å². The zero-order chi connectivity index (χ0) is 14.3. The van der Waals surface area contributed by atoms with Gasteiger partial charge in [0.25, 0.3) is 0 Å². The minimum absolute atomic E-state index is 0.0397. The highest BCUT2D eigenvalue weighted by Gasteiger charge is 2.16. The van der Waals surface area contributed by atoms with Crippen LogP contribution in [-0.2, 0) is 0 Å². The van der Waals surface area contributed by atoms with Gasteiger partial charge < -0.3 is 14.2 Å². The molecule has 0 aliphatic rings. The number of rotatable bonds is 8. The predicted octanol–water partition coefficient (Wildman–Crippen LogP) is 2.24. The molecule has 0 saturated carbocycles. The van der Waals surface area contributed by atoms with Crippen LogP contribution >= 0.6 is 0 Å². The number of benzene rings is 1. The van der Waals surface area contributed by atoms with E-state index in [0.29, 0.717) is 42.8 Å². The van der Waals surface area contributed by atoms with Gasteiger partial charge in [0, 0.05) is 5.56 Å². The van der Waals surface area contributed by atoms with Gasteiger partial charge in [0.05, 0.1) is 13.2 Å². The molecule has 1 N–H and O–H groups in total. The fourth-order valence-corrected chi connectivity index (χ4v) is 1.59. The monoisotopic (exact) mass is 267 g/mol. The van der Waals surface area contributed by atoms with Crippen LogP contribution in [0.2, 0.25) is 0 Å². The van der Waals surface area contributed by atoms with E-state index in [9.17, 15) is 4.79 Å². The topological polar surface area (TPSA) is 56.8 Å². The molecule has 0 radical (unpaired) electrons. The van der Waals surface area contributed by atoms with Crippen LogP contribution in [-0.4, -0.2) is 32.8 Å². The molecule has 5 nitrogen and oxygen atoms in total. The maximum Gasteiger partial charge on any atom is 0.205 e. The molecule has 5 heteroatoms. The van der Waals surface area contributed by atoms with Crippen molar-refractivity contribution in [3.8, 4) is 17.2 Å². The number of Topliss-reactive ketones (excluding diaryl/α,β-unsaturated/α-hetero) is 1. The van der Waals surface area contributed by atoms with Gasteiger partial charge >= 0.3 is 0 Å². The fraction of sp³-hybridized carbons (Fsp3) is 0.500. The quantitative estimate of drug-likeness (QED) is 0.578. The summed E-state index contributed by atoms with van der Waals surface area (Å²) < 4.78 is 16.6. The molecule has 0 spiro atoms. The van der Waals surface area contributed by atoms with Gasteiger partial charge in [-0.05, 0) is 40.0 Å². The number of nitrogens with one attached hydrogen (secondary N) is 1. The van der Waals surface area contributed by atoms with Crippen molar-refractivity contribution in [3.63, 3.8) is 0 Å². The summed E-state index contributed by atoms with van der Waals surface area (Å²) in [4.78, 5) is 11.5. The largest absolute Gasteiger partial charge is 0.490 e. The van der Waals surface area contributed by atoms with Crippen molar-refractivity contribution in [1.29, 1.82) is 0 Å². The predicted molar refractivity (Wildman–Crippen MR) is 73.3 cm³/mol. The van der Waals surface area contributed by atoms with E-state index >= 15 is 0 Å². The van der Waals surface area contributed by atoms with Crippen LogP contribution in [0.25, 0.3) is 0 Å². The van der Waals surface area contributed by atoms with Crippen LogP contribution in [0.1, 0.15) is 31.1 Å². The normalized spacial score (nSPS) is 10.1. The average molecular weight is 267 g/mol. The minimum atomic E-state index is -0.0397. The zero-order valence-corrected chi connectivity index (χ0v) is 11.9. The summed E-state index contributed by atoms with van der Waals surface area (Å²) in [6, 6.07) is 3.36. The molecule has 106 valence electrons. The maximum atomic E-state index is 11.5. The van der Waals surface area contributed by atoms with Crippen LogP contribution in [0.4, 0.5) is 0 Å². The molecule has 0 amide bonds. The molecular formula is C14H21NO4. The van der Waals surface area contributed by atoms with E-state index in [1.54, 1.807) is 19.2 Å². The molecule has 1 aromatic carbocycles. The van der Waals surface area contributed by atoms with Crippen LogP contribution in [0, 0.1) is 0 Å². The summed E-state index contributed by atoms with van der Waals surface area (Å²) >= 11 is 0. The summed E-state index contributed by atoms with van der Waals surface area (Å²) in [7, 11) is 1.78. The summed E-state index contributed by atoms with van der Waals surface area (Å²) in [6.07, 6.45) is 0. The number of ether oxygens (including phenoxy) is 3. The number of hydrogen-bond acceptors (Lipinski definition) is 5. The van der Waals surface area contributed by atoms with Gasteiger partial charge in [-0.15, -0.1) is 0 Å². The summed E-state index contributed by atoms with van der Waals surface area (Å²) in [5.74, 6) is 1.52. The lowest BCUT2D eigenvalue weighted by Crippen LogP contribution is -2.15.